The Morgan fingerprint density at radius 2 is 2.11 bits per heavy atom. The zero-order valence-electron chi connectivity index (χ0n) is 11.2. The largest absolute Gasteiger partial charge is 0.378 e. The van der Waals surface area contributed by atoms with Crippen LogP contribution >= 0.6 is 0 Å². The van der Waals surface area contributed by atoms with Crippen LogP contribution in [-0.2, 0) is 9.53 Å². The van der Waals surface area contributed by atoms with Crippen LogP contribution in [-0.4, -0.2) is 36.1 Å². The van der Waals surface area contributed by atoms with E-state index in [4.69, 9.17) is 4.74 Å². The third-order valence-electron chi connectivity index (χ3n) is 3.98. The molecule has 3 rings (SSSR count). The SMILES string of the molecule is CC1CC(N2C(=O)CNC2c2ccccc2)CCO1. The summed E-state index contributed by atoms with van der Waals surface area (Å²) in [5.74, 6) is 0.202. The molecule has 1 aromatic carbocycles. The first-order valence-corrected chi connectivity index (χ1v) is 6.97. The highest BCUT2D eigenvalue weighted by Crippen LogP contribution is 2.29. The van der Waals surface area contributed by atoms with Crippen LogP contribution < -0.4 is 5.32 Å². The van der Waals surface area contributed by atoms with E-state index in [0.717, 1.165) is 25.0 Å². The second-order valence-corrected chi connectivity index (χ2v) is 5.35. The van der Waals surface area contributed by atoms with Gasteiger partial charge in [-0.05, 0) is 25.3 Å². The zero-order chi connectivity index (χ0) is 13.2. The molecule has 0 bridgehead atoms. The van der Waals surface area contributed by atoms with Crippen molar-refractivity contribution in [2.75, 3.05) is 13.2 Å². The summed E-state index contributed by atoms with van der Waals surface area (Å²) in [6, 6.07) is 10.5. The van der Waals surface area contributed by atoms with Gasteiger partial charge >= 0.3 is 0 Å². The molecule has 1 N–H and O–H groups in total. The molecule has 3 unspecified atom stereocenters. The van der Waals surface area contributed by atoms with Crippen LogP contribution in [0.2, 0.25) is 0 Å². The second kappa shape index (κ2) is 5.31. The Labute approximate surface area is 113 Å². The maximum Gasteiger partial charge on any atom is 0.238 e. The van der Waals surface area contributed by atoms with Crippen molar-refractivity contribution in [1.82, 2.24) is 10.2 Å². The molecule has 2 saturated heterocycles. The first-order chi connectivity index (χ1) is 9.25. The van der Waals surface area contributed by atoms with E-state index in [0.29, 0.717) is 6.54 Å². The zero-order valence-corrected chi connectivity index (χ0v) is 11.2. The minimum atomic E-state index is 0.0176. The van der Waals surface area contributed by atoms with Crippen LogP contribution in [0, 0.1) is 0 Å². The van der Waals surface area contributed by atoms with Gasteiger partial charge in [-0.3, -0.25) is 10.1 Å². The Balaban J connectivity index is 1.82. The average molecular weight is 260 g/mol. The van der Waals surface area contributed by atoms with Crippen LogP contribution in [0.1, 0.15) is 31.5 Å². The highest BCUT2D eigenvalue weighted by atomic mass is 16.5. The highest BCUT2D eigenvalue weighted by molar-refractivity contribution is 5.81. The lowest BCUT2D eigenvalue weighted by atomic mass is 10.0. The Morgan fingerprint density at radius 1 is 1.32 bits per heavy atom. The van der Waals surface area contributed by atoms with Gasteiger partial charge in [0.1, 0.15) is 6.17 Å². The molecular formula is C15H20N2O2. The number of ether oxygens (including phenoxy) is 1. The number of rotatable bonds is 2. The third kappa shape index (κ3) is 2.51. The number of carbonyl (C=O) groups is 1. The smallest absolute Gasteiger partial charge is 0.238 e. The standard InChI is InChI=1S/C15H20N2O2/c1-11-9-13(7-8-19-11)17-14(18)10-16-15(17)12-5-3-2-4-6-12/h2-6,11,13,15-16H,7-10H2,1H3. The topological polar surface area (TPSA) is 41.6 Å². The van der Waals surface area contributed by atoms with E-state index in [1.165, 1.54) is 0 Å². The second-order valence-electron chi connectivity index (χ2n) is 5.35. The Bertz CT molecular complexity index is 449. The summed E-state index contributed by atoms with van der Waals surface area (Å²) in [5.41, 5.74) is 1.16. The highest BCUT2D eigenvalue weighted by Gasteiger charge is 2.38. The maximum absolute atomic E-state index is 12.2. The van der Waals surface area contributed by atoms with Crippen molar-refractivity contribution in [3.63, 3.8) is 0 Å². The predicted molar refractivity (Wildman–Crippen MR) is 72.5 cm³/mol. The fourth-order valence-electron chi connectivity index (χ4n) is 3.07. The fourth-order valence-corrected chi connectivity index (χ4v) is 3.07. The lowest BCUT2D eigenvalue weighted by Crippen LogP contribution is -2.44. The molecule has 0 saturated carbocycles. The fraction of sp³-hybridized carbons (Fsp3) is 0.533. The molecule has 1 amide bonds. The molecule has 4 heteroatoms. The lowest BCUT2D eigenvalue weighted by Gasteiger charge is -2.37. The number of carbonyl (C=O) groups excluding carboxylic acids is 1. The van der Waals surface area contributed by atoms with E-state index in [1.807, 2.05) is 23.1 Å². The van der Waals surface area contributed by atoms with Gasteiger partial charge in [-0.1, -0.05) is 30.3 Å². The number of nitrogens with one attached hydrogen (secondary N) is 1. The number of benzene rings is 1. The lowest BCUT2D eigenvalue weighted by molar-refractivity contribution is -0.133. The van der Waals surface area contributed by atoms with E-state index in [-0.39, 0.29) is 24.2 Å². The quantitative estimate of drug-likeness (QED) is 0.879. The molecule has 0 aromatic heterocycles. The van der Waals surface area contributed by atoms with Gasteiger partial charge < -0.3 is 9.64 Å². The summed E-state index contributed by atoms with van der Waals surface area (Å²) in [6.07, 6.45) is 2.12. The van der Waals surface area contributed by atoms with Crippen LogP contribution in [0.4, 0.5) is 0 Å². The summed E-state index contributed by atoms with van der Waals surface area (Å²) < 4.78 is 5.59. The Hall–Kier alpha value is -1.39. The Kier molecular flexibility index (Phi) is 3.53. The molecule has 2 aliphatic rings. The number of amides is 1. The summed E-state index contributed by atoms with van der Waals surface area (Å²) >= 11 is 0. The molecule has 19 heavy (non-hydrogen) atoms. The van der Waals surface area contributed by atoms with E-state index >= 15 is 0 Å². The van der Waals surface area contributed by atoms with Crippen LogP contribution in [0.5, 0.6) is 0 Å². The number of hydrogen-bond acceptors (Lipinski definition) is 3. The molecule has 2 aliphatic heterocycles. The van der Waals surface area contributed by atoms with Crippen LogP contribution in [0.3, 0.4) is 0 Å². The molecule has 0 radical (unpaired) electrons. The minimum absolute atomic E-state index is 0.0176. The molecule has 2 fully saturated rings. The first kappa shape index (κ1) is 12.6. The molecule has 0 spiro atoms. The summed E-state index contributed by atoms with van der Waals surface area (Å²) in [4.78, 5) is 14.2. The van der Waals surface area contributed by atoms with Crippen molar-refractivity contribution in [2.24, 2.45) is 0 Å². The summed E-state index contributed by atoms with van der Waals surface area (Å²) in [7, 11) is 0. The van der Waals surface area contributed by atoms with Crippen molar-refractivity contribution >= 4 is 5.91 Å². The van der Waals surface area contributed by atoms with Gasteiger partial charge in [0.05, 0.1) is 12.6 Å². The molecule has 1 aromatic rings. The van der Waals surface area contributed by atoms with E-state index in [1.54, 1.807) is 0 Å². The van der Waals surface area contributed by atoms with Gasteiger partial charge in [0.25, 0.3) is 0 Å². The molecule has 4 nitrogen and oxygen atoms in total. The van der Waals surface area contributed by atoms with Gasteiger partial charge in [0.15, 0.2) is 0 Å². The van der Waals surface area contributed by atoms with Crippen LogP contribution in [0.15, 0.2) is 30.3 Å². The maximum atomic E-state index is 12.2. The van der Waals surface area contributed by atoms with Gasteiger partial charge in [-0.15, -0.1) is 0 Å². The third-order valence-corrected chi connectivity index (χ3v) is 3.98. The van der Waals surface area contributed by atoms with Crippen LogP contribution in [0.25, 0.3) is 0 Å². The Morgan fingerprint density at radius 3 is 2.84 bits per heavy atom. The van der Waals surface area contributed by atoms with E-state index in [2.05, 4.69) is 24.4 Å². The molecule has 102 valence electrons. The van der Waals surface area contributed by atoms with Crippen molar-refractivity contribution in [2.45, 2.75) is 38.1 Å². The van der Waals surface area contributed by atoms with E-state index in [9.17, 15) is 4.79 Å². The average Bonchev–Trinajstić information content (AvgIpc) is 2.82. The van der Waals surface area contributed by atoms with Gasteiger partial charge in [0, 0.05) is 12.6 Å². The number of hydrogen-bond donors (Lipinski definition) is 1. The van der Waals surface area contributed by atoms with Gasteiger partial charge in [0.2, 0.25) is 5.91 Å². The van der Waals surface area contributed by atoms with Crippen molar-refractivity contribution in [3.05, 3.63) is 35.9 Å². The number of nitrogens with zero attached hydrogens (tertiary/aromatic N) is 1. The monoisotopic (exact) mass is 260 g/mol. The first-order valence-electron chi connectivity index (χ1n) is 6.97. The molecular weight excluding hydrogens is 240 g/mol. The van der Waals surface area contributed by atoms with Gasteiger partial charge in [-0.2, -0.15) is 0 Å². The predicted octanol–water partition coefficient (Wildman–Crippen LogP) is 1.68. The minimum Gasteiger partial charge on any atom is -0.378 e. The summed E-state index contributed by atoms with van der Waals surface area (Å²) in [6.45, 7) is 3.26. The molecule has 2 heterocycles. The normalized spacial score (nSPS) is 31.7. The summed E-state index contributed by atoms with van der Waals surface area (Å²) in [5, 5.41) is 3.32. The van der Waals surface area contributed by atoms with Crippen molar-refractivity contribution in [3.8, 4) is 0 Å². The van der Waals surface area contributed by atoms with Crippen molar-refractivity contribution < 1.29 is 9.53 Å². The van der Waals surface area contributed by atoms with Crippen molar-refractivity contribution in [1.29, 1.82) is 0 Å². The molecule has 0 aliphatic carbocycles. The van der Waals surface area contributed by atoms with E-state index < -0.39 is 0 Å². The molecule has 3 atom stereocenters. The van der Waals surface area contributed by atoms with Gasteiger partial charge in [-0.25, -0.2) is 0 Å².